The lowest BCUT2D eigenvalue weighted by Crippen LogP contribution is -2.30. The molecule has 0 bridgehead atoms. The van der Waals surface area contributed by atoms with E-state index in [-0.39, 0.29) is 11.9 Å². The molecule has 2 rings (SSSR count). The van der Waals surface area contributed by atoms with Crippen LogP contribution in [0, 0.1) is 12.8 Å². The second-order valence-corrected chi connectivity index (χ2v) is 5.89. The predicted octanol–water partition coefficient (Wildman–Crippen LogP) is 3.21. The molecular weight excluding hydrogens is 278 g/mol. The maximum atomic E-state index is 12.2. The van der Waals surface area contributed by atoms with Gasteiger partial charge >= 0.3 is 0 Å². The standard InChI is InChI=1S/C17H23N3O2/c1-12(2)11-15(17-20-19-13(3)22-17)18-16(21)10-9-14-7-5-4-6-8-14/h4-8,12,15H,9-11H2,1-3H3,(H,18,21). The summed E-state index contributed by atoms with van der Waals surface area (Å²) in [6.07, 6.45) is 1.95. The molecule has 118 valence electrons. The Bertz CT molecular complexity index is 593. The van der Waals surface area contributed by atoms with E-state index in [0.717, 1.165) is 18.4 Å². The molecule has 1 amide bonds. The zero-order chi connectivity index (χ0) is 15.9. The van der Waals surface area contributed by atoms with Crippen LogP contribution in [0.3, 0.4) is 0 Å². The van der Waals surface area contributed by atoms with Gasteiger partial charge in [-0.15, -0.1) is 10.2 Å². The van der Waals surface area contributed by atoms with E-state index in [1.165, 1.54) is 0 Å². The number of hydrogen-bond donors (Lipinski definition) is 1. The van der Waals surface area contributed by atoms with Crippen LogP contribution in [-0.4, -0.2) is 16.1 Å². The van der Waals surface area contributed by atoms with Crippen molar-refractivity contribution in [1.29, 1.82) is 0 Å². The van der Waals surface area contributed by atoms with Gasteiger partial charge in [-0.1, -0.05) is 44.2 Å². The third-order valence-electron chi connectivity index (χ3n) is 3.37. The van der Waals surface area contributed by atoms with Crippen molar-refractivity contribution < 1.29 is 9.21 Å². The minimum absolute atomic E-state index is 0.00496. The van der Waals surface area contributed by atoms with Gasteiger partial charge in [0.2, 0.25) is 17.7 Å². The van der Waals surface area contributed by atoms with Gasteiger partial charge in [-0.25, -0.2) is 0 Å². The van der Waals surface area contributed by atoms with E-state index in [0.29, 0.717) is 24.1 Å². The van der Waals surface area contributed by atoms with Crippen molar-refractivity contribution in [1.82, 2.24) is 15.5 Å². The summed E-state index contributed by atoms with van der Waals surface area (Å²) >= 11 is 0. The molecule has 0 aliphatic carbocycles. The first kappa shape index (κ1) is 16.2. The maximum absolute atomic E-state index is 12.2. The lowest BCUT2D eigenvalue weighted by molar-refractivity contribution is -0.122. The lowest BCUT2D eigenvalue weighted by Gasteiger charge is -2.17. The minimum Gasteiger partial charge on any atom is -0.423 e. The normalized spacial score (nSPS) is 12.4. The molecule has 0 radical (unpaired) electrons. The zero-order valence-corrected chi connectivity index (χ0v) is 13.4. The van der Waals surface area contributed by atoms with Crippen LogP contribution in [0.15, 0.2) is 34.7 Å². The van der Waals surface area contributed by atoms with E-state index in [1.807, 2.05) is 30.3 Å². The van der Waals surface area contributed by atoms with Crippen LogP contribution in [0.5, 0.6) is 0 Å². The van der Waals surface area contributed by atoms with Crippen LogP contribution in [0.4, 0.5) is 0 Å². The smallest absolute Gasteiger partial charge is 0.238 e. The number of aromatic nitrogens is 2. The van der Waals surface area contributed by atoms with E-state index in [2.05, 4.69) is 29.4 Å². The van der Waals surface area contributed by atoms with E-state index in [4.69, 9.17) is 4.42 Å². The van der Waals surface area contributed by atoms with Gasteiger partial charge in [0.1, 0.15) is 6.04 Å². The molecule has 1 aromatic carbocycles. The largest absolute Gasteiger partial charge is 0.423 e. The van der Waals surface area contributed by atoms with Gasteiger partial charge in [-0.05, 0) is 24.3 Å². The van der Waals surface area contributed by atoms with E-state index in [9.17, 15) is 4.79 Å². The Kier molecular flexibility index (Phi) is 5.69. The molecule has 0 aliphatic heterocycles. The van der Waals surface area contributed by atoms with Gasteiger partial charge in [-0.2, -0.15) is 0 Å². The van der Waals surface area contributed by atoms with Crippen LogP contribution in [0.25, 0.3) is 0 Å². The van der Waals surface area contributed by atoms with Crippen LogP contribution in [-0.2, 0) is 11.2 Å². The highest BCUT2D eigenvalue weighted by Gasteiger charge is 2.21. The van der Waals surface area contributed by atoms with Crippen molar-refractivity contribution in [3.05, 3.63) is 47.7 Å². The highest BCUT2D eigenvalue weighted by molar-refractivity contribution is 5.76. The monoisotopic (exact) mass is 301 g/mol. The molecule has 5 heteroatoms. The number of amides is 1. The lowest BCUT2D eigenvalue weighted by atomic mass is 10.0. The molecule has 0 aliphatic rings. The minimum atomic E-state index is -0.218. The Morgan fingerprint density at radius 3 is 2.55 bits per heavy atom. The van der Waals surface area contributed by atoms with Crippen molar-refractivity contribution >= 4 is 5.91 Å². The Morgan fingerprint density at radius 1 is 1.23 bits per heavy atom. The maximum Gasteiger partial charge on any atom is 0.238 e. The summed E-state index contributed by atoms with van der Waals surface area (Å²) in [6, 6.07) is 9.77. The van der Waals surface area contributed by atoms with Gasteiger partial charge in [0.25, 0.3) is 0 Å². The van der Waals surface area contributed by atoms with Crippen molar-refractivity contribution in [2.24, 2.45) is 5.92 Å². The second-order valence-electron chi connectivity index (χ2n) is 5.89. The summed E-state index contributed by atoms with van der Waals surface area (Å²) in [6.45, 7) is 5.96. The first-order chi connectivity index (χ1) is 10.5. The third-order valence-corrected chi connectivity index (χ3v) is 3.37. The van der Waals surface area contributed by atoms with Crippen molar-refractivity contribution in [2.75, 3.05) is 0 Å². The average molecular weight is 301 g/mol. The molecule has 5 nitrogen and oxygen atoms in total. The van der Waals surface area contributed by atoms with Gasteiger partial charge in [0.05, 0.1) is 0 Å². The summed E-state index contributed by atoms with van der Waals surface area (Å²) in [5, 5.41) is 10.9. The highest BCUT2D eigenvalue weighted by Crippen LogP contribution is 2.20. The Labute approximate surface area is 131 Å². The van der Waals surface area contributed by atoms with E-state index in [1.54, 1.807) is 6.92 Å². The topological polar surface area (TPSA) is 68.0 Å². The van der Waals surface area contributed by atoms with Crippen molar-refractivity contribution in [3.63, 3.8) is 0 Å². The summed E-state index contributed by atoms with van der Waals surface area (Å²) in [5.74, 6) is 1.43. The molecule has 1 aromatic heterocycles. The highest BCUT2D eigenvalue weighted by atomic mass is 16.4. The van der Waals surface area contributed by atoms with Crippen molar-refractivity contribution in [2.45, 2.75) is 46.1 Å². The molecule has 1 N–H and O–H groups in total. The van der Waals surface area contributed by atoms with Gasteiger partial charge in [0, 0.05) is 13.3 Å². The predicted molar refractivity (Wildman–Crippen MR) is 84.1 cm³/mol. The van der Waals surface area contributed by atoms with Crippen LogP contribution >= 0.6 is 0 Å². The average Bonchev–Trinajstić information content (AvgIpc) is 2.92. The van der Waals surface area contributed by atoms with Gasteiger partial charge in [0.15, 0.2) is 0 Å². The number of nitrogens with one attached hydrogen (secondary N) is 1. The molecule has 0 fully saturated rings. The molecule has 22 heavy (non-hydrogen) atoms. The first-order valence-corrected chi connectivity index (χ1v) is 7.68. The molecule has 1 atom stereocenters. The number of rotatable bonds is 7. The van der Waals surface area contributed by atoms with E-state index < -0.39 is 0 Å². The summed E-state index contributed by atoms with van der Waals surface area (Å²) in [4.78, 5) is 12.2. The number of hydrogen-bond acceptors (Lipinski definition) is 4. The second kappa shape index (κ2) is 7.73. The Balaban J connectivity index is 1.93. The van der Waals surface area contributed by atoms with Gasteiger partial charge < -0.3 is 9.73 Å². The number of benzene rings is 1. The fraction of sp³-hybridized carbons (Fsp3) is 0.471. The number of carbonyl (C=O) groups is 1. The van der Waals surface area contributed by atoms with E-state index >= 15 is 0 Å². The SMILES string of the molecule is Cc1nnc(C(CC(C)C)NC(=O)CCc2ccccc2)o1. The first-order valence-electron chi connectivity index (χ1n) is 7.68. The zero-order valence-electron chi connectivity index (χ0n) is 13.4. The fourth-order valence-corrected chi connectivity index (χ4v) is 2.31. The summed E-state index contributed by atoms with van der Waals surface area (Å²) < 4.78 is 5.47. The van der Waals surface area contributed by atoms with Crippen LogP contribution in [0.2, 0.25) is 0 Å². The molecule has 0 saturated carbocycles. The molecule has 0 spiro atoms. The molecule has 0 saturated heterocycles. The molecule has 1 heterocycles. The summed E-state index contributed by atoms with van der Waals surface area (Å²) in [7, 11) is 0. The number of aryl methyl sites for hydroxylation is 2. The molecular formula is C17H23N3O2. The van der Waals surface area contributed by atoms with Crippen LogP contribution in [0.1, 0.15) is 50.1 Å². The fourth-order valence-electron chi connectivity index (χ4n) is 2.31. The molecule has 1 unspecified atom stereocenters. The quantitative estimate of drug-likeness (QED) is 0.852. The third kappa shape index (κ3) is 4.98. The van der Waals surface area contributed by atoms with Gasteiger partial charge in [-0.3, -0.25) is 4.79 Å². The number of nitrogens with zero attached hydrogens (tertiary/aromatic N) is 2. The Morgan fingerprint density at radius 2 is 1.95 bits per heavy atom. The number of carbonyl (C=O) groups excluding carboxylic acids is 1. The Hall–Kier alpha value is -2.17. The van der Waals surface area contributed by atoms with Crippen LogP contribution < -0.4 is 5.32 Å². The molecule has 2 aromatic rings. The van der Waals surface area contributed by atoms with Crippen molar-refractivity contribution in [3.8, 4) is 0 Å². The summed E-state index contributed by atoms with van der Waals surface area (Å²) in [5.41, 5.74) is 1.16.